The number of carbonyl (C=O) groups excluding carboxylic acids is 1. The van der Waals surface area contributed by atoms with Gasteiger partial charge in [-0.2, -0.15) is 0 Å². The molecule has 1 fully saturated rings. The van der Waals surface area contributed by atoms with Gasteiger partial charge >= 0.3 is 0 Å². The van der Waals surface area contributed by atoms with Crippen molar-refractivity contribution in [3.8, 4) is 0 Å². The first-order valence-corrected chi connectivity index (χ1v) is 10.6. The molecule has 2 heterocycles. The highest BCUT2D eigenvalue weighted by Crippen LogP contribution is 2.25. The minimum Gasteiger partial charge on any atom is -0.460 e. The summed E-state index contributed by atoms with van der Waals surface area (Å²) in [5, 5.41) is 1.18. The van der Waals surface area contributed by atoms with Gasteiger partial charge in [0.2, 0.25) is 5.91 Å². The van der Waals surface area contributed by atoms with Gasteiger partial charge in [-0.05, 0) is 56.0 Å². The average molecular weight is 391 g/mol. The van der Waals surface area contributed by atoms with E-state index in [0.717, 1.165) is 50.2 Å². The third-order valence-corrected chi connectivity index (χ3v) is 6.02. The van der Waals surface area contributed by atoms with Crippen molar-refractivity contribution in [2.45, 2.75) is 38.8 Å². The number of benzene rings is 2. The largest absolute Gasteiger partial charge is 0.460 e. The lowest BCUT2D eigenvalue weighted by molar-refractivity contribution is -0.130. The van der Waals surface area contributed by atoms with E-state index in [4.69, 9.17) is 4.42 Å². The van der Waals surface area contributed by atoms with Crippen LogP contribution in [0.15, 0.2) is 65.1 Å². The van der Waals surface area contributed by atoms with E-state index in [1.165, 1.54) is 10.9 Å². The number of hydrogen-bond donors (Lipinski definition) is 0. The van der Waals surface area contributed by atoms with Crippen LogP contribution in [0.25, 0.3) is 11.0 Å². The Morgan fingerprint density at radius 3 is 2.55 bits per heavy atom. The van der Waals surface area contributed by atoms with Crippen LogP contribution in [0.4, 0.5) is 0 Å². The summed E-state index contributed by atoms with van der Waals surface area (Å²) in [5.41, 5.74) is 2.15. The molecule has 0 unspecified atom stereocenters. The van der Waals surface area contributed by atoms with E-state index in [2.05, 4.69) is 29.2 Å². The molecular weight excluding hydrogens is 360 g/mol. The molecule has 3 aromatic rings. The Balaban J connectivity index is 1.19. The van der Waals surface area contributed by atoms with Gasteiger partial charge in [0.15, 0.2) is 0 Å². The van der Waals surface area contributed by atoms with Crippen molar-refractivity contribution >= 4 is 16.9 Å². The van der Waals surface area contributed by atoms with Crippen LogP contribution < -0.4 is 0 Å². The van der Waals surface area contributed by atoms with Crippen molar-refractivity contribution in [3.63, 3.8) is 0 Å². The summed E-state index contributed by atoms with van der Waals surface area (Å²) in [6, 6.07) is 20.5. The van der Waals surface area contributed by atoms with Crippen LogP contribution in [0.5, 0.6) is 0 Å². The molecule has 0 saturated carbocycles. The lowest BCUT2D eigenvalue weighted by Crippen LogP contribution is -2.34. The molecule has 2 aromatic carbocycles. The zero-order valence-corrected chi connectivity index (χ0v) is 17.2. The van der Waals surface area contributed by atoms with Gasteiger partial charge in [0.25, 0.3) is 0 Å². The number of carbonyl (C=O) groups is 1. The van der Waals surface area contributed by atoms with Crippen molar-refractivity contribution < 1.29 is 9.21 Å². The Morgan fingerprint density at radius 2 is 1.79 bits per heavy atom. The van der Waals surface area contributed by atoms with Gasteiger partial charge < -0.3 is 9.32 Å². The zero-order chi connectivity index (χ0) is 20.1. The highest BCUT2D eigenvalue weighted by Gasteiger charge is 2.21. The molecule has 4 heteroatoms. The van der Waals surface area contributed by atoms with Crippen molar-refractivity contribution in [2.75, 3.05) is 20.1 Å². The molecule has 0 radical (unpaired) electrons. The number of likely N-dealkylation sites (tertiary alicyclic amines) is 1. The molecule has 4 rings (SSSR count). The lowest BCUT2D eigenvalue weighted by Gasteiger charge is -2.31. The topological polar surface area (TPSA) is 36.7 Å². The molecule has 0 bridgehead atoms. The molecule has 0 atom stereocenters. The maximum absolute atomic E-state index is 12.5. The SMILES string of the molecule is CN(Cc1ccccc1)C(=O)CCC1CCN(Cc2cc3ccccc3o2)CC1. The van der Waals surface area contributed by atoms with Crippen LogP contribution in [-0.2, 0) is 17.9 Å². The maximum Gasteiger partial charge on any atom is 0.222 e. The Kier molecular flexibility index (Phi) is 6.30. The third-order valence-electron chi connectivity index (χ3n) is 6.02. The second-order valence-electron chi connectivity index (χ2n) is 8.24. The Hall–Kier alpha value is -2.59. The number of hydrogen-bond acceptors (Lipinski definition) is 3. The first kappa shape index (κ1) is 19.7. The normalized spacial score (nSPS) is 15.6. The number of amides is 1. The Labute approximate surface area is 173 Å². The molecule has 0 spiro atoms. The van der Waals surface area contributed by atoms with E-state index < -0.39 is 0 Å². The van der Waals surface area contributed by atoms with E-state index in [9.17, 15) is 4.79 Å². The average Bonchev–Trinajstić information content (AvgIpc) is 3.16. The standard InChI is InChI=1S/C25H30N2O2/c1-26(18-21-7-3-2-4-8-21)25(28)12-11-20-13-15-27(16-14-20)19-23-17-22-9-5-6-10-24(22)29-23/h2-10,17,20H,11-16,18-19H2,1H3. The van der Waals surface area contributed by atoms with Crippen molar-refractivity contribution in [3.05, 3.63) is 72.0 Å². The second-order valence-corrected chi connectivity index (χ2v) is 8.24. The van der Waals surface area contributed by atoms with Gasteiger partial charge in [-0.15, -0.1) is 0 Å². The highest BCUT2D eigenvalue weighted by molar-refractivity contribution is 5.77. The smallest absolute Gasteiger partial charge is 0.222 e. The molecule has 1 aromatic heterocycles. The molecular formula is C25H30N2O2. The van der Waals surface area contributed by atoms with Crippen LogP contribution in [0.3, 0.4) is 0 Å². The maximum atomic E-state index is 12.5. The summed E-state index contributed by atoms with van der Waals surface area (Å²) in [4.78, 5) is 16.8. The fourth-order valence-corrected chi connectivity index (χ4v) is 4.23. The molecule has 1 amide bonds. The van der Waals surface area contributed by atoms with E-state index in [-0.39, 0.29) is 5.91 Å². The van der Waals surface area contributed by atoms with Crippen LogP contribution in [0.2, 0.25) is 0 Å². The van der Waals surface area contributed by atoms with Gasteiger partial charge in [-0.3, -0.25) is 9.69 Å². The summed E-state index contributed by atoms with van der Waals surface area (Å²) in [6.07, 6.45) is 3.97. The molecule has 1 aliphatic rings. The minimum absolute atomic E-state index is 0.249. The van der Waals surface area contributed by atoms with Gasteiger partial charge in [0.05, 0.1) is 6.54 Å². The van der Waals surface area contributed by atoms with E-state index in [0.29, 0.717) is 18.9 Å². The lowest BCUT2D eigenvalue weighted by atomic mass is 9.92. The molecule has 1 aliphatic heterocycles. The van der Waals surface area contributed by atoms with Crippen LogP contribution in [0.1, 0.15) is 37.0 Å². The molecule has 0 aliphatic carbocycles. The van der Waals surface area contributed by atoms with Crippen molar-refractivity contribution in [1.82, 2.24) is 9.80 Å². The van der Waals surface area contributed by atoms with Gasteiger partial charge in [-0.25, -0.2) is 0 Å². The molecule has 29 heavy (non-hydrogen) atoms. The number of fused-ring (bicyclic) bond motifs is 1. The van der Waals surface area contributed by atoms with Crippen molar-refractivity contribution in [1.29, 1.82) is 0 Å². The predicted molar refractivity (Wildman–Crippen MR) is 116 cm³/mol. The number of piperidine rings is 1. The highest BCUT2D eigenvalue weighted by atomic mass is 16.3. The first-order valence-electron chi connectivity index (χ1n) is 10.6. The van der Waals surface area contributed by atoms with E-state index in [1.54, 1.807) is 0 Å². The Morgan fingerprint density at radius 1 is 1.07 bits per heavy atom. The Bertz CT molecular complexity index is 893. The summed E-state index contributed by atoms with van der Waals surface area (Å²) < 4.78 is 5.96. The molecule has 0 N–H and O–H groups in total. The number of nitrogens with zero attached hydrogens (tertiary/aromatic N) is 2. The minimum atomic E-state index is 0.249. The fourth-order valence-electron chi connectivity index (χ4n) is 4.23. The summed E-state index contributed by atoms with van der Waals surface area (Å²) >= 11 is 0. The quantitative estimate of drug-likeness (QED) is 0.564. The number of furan rings is 1. The summed E-state index contributed by atoms with van der Waals surface area (Å²) in [7, 11) is 1.91. The third kappa shape index (κ3) is 5.27. The second kappa shape index (κ2) is 9.27. The van der Waals surface area contributed by atoms with Crippen molar-refractivity contribution in [2.24, 2.45) is 5.92 Å². The molecule has 152 valence electrons. The van der Waals surface area contributed by atoms with Crippen LogP contribution in [-0.4, -0.2) is 35.8 Å². The van der Waals surface area contributed by atoms with Crippen LogP contribution in [0, 0.1) is 5.92 Å². The van der Waals surface area contributed by atoms with Gasteiger partial charge in [-0.1, -0.05) is 48.5 Å². The monoisotopic (exact) mass is 390 g/mol. The number of rotatable bonds is 7. The zero-order valence-electron chi connectivity index (χ0n) is 17.2. The van der Waals surface area contributed by atoms with Gasteiger partial charge in [0.1, 0.15) is 11.3 Å². The molecule has 1 saturated heterocycles. The first-order chi connectivity index (χ1) is 14.2. The molecule has 4 nitrogen and oxygen atoms in total. The summed E-state index contributed by atoms with van der Waals surface area (Å²) in [6.45, 7) is 3.72. The van der Waals surface area contributed by atoms with E-state index in [1.807, 2.05) is 48.3 Å². The van der Waals surface area contributed by atoms with Gasteiger partial charge in [0, 0.05) is 25.4 Å². The summed E-state index contributed by atoms with van der Waals surface area (Å²) in [5.74, 6) is 1.94. The van der Waals surface area contributed by atoms with E-state index >= 15 is 0 Å². The van der Waals surface area contributed by atoms with Crippen LogP contribution >= 0.6 is 0 Å². The predicted octanol–water partition coefficient (Wildman–Crippen LogP) is 5.08. The number of para-hydroxylation sites is 1. The fraction of sp³-hybridized carbons (Fsp3) is 0.400.